The second-order valence-electron chi connectivity index (χ2n) is 4.02. The Kier molecular flexibility index (Phi) is 4.79. The molecule has 0 aliphatic heterocycles. The largest absolute Gasteiger partial charge is 0.461 e. The minimum Gasteiger partial charge on any atom is -0.461 e. The Labute approximate surface area is 108 Å². The lowest BCUT2D eigenvalue weighted by Gasteiger charge is -2.08. The zero-order valence-electron chi connectivity index (χ0n) is 10.8. The highest BCUT2D eigenvalue weighted by Gasteiger charge is 2.27. The first kappa shape index (κ1) is 15.3. The van der Waals surface area contributed by atoms with Crippen molar-refractivity contribution in [2.45, 2.75) is 39.4 Å². The van der Waals surface area contributed by atoms with Crippen LogP contribution in [0.25, 0.3) is 0 Å². The van der Waals surface area contributed by atoms with Crippen molar-refractivity contribution in [1.82, 2.24) is 9.78 Å². The molecular formula is C11H16F3N3O2. The first-order valence-corrected chi connectivity index (χ1v) is 5.83. The van der Waals surface area contributed by atoms with Crippen LogP contribution in [0.2, 0.25) is 0 Å². The van der Waals surface area contributed by atoms with Crippen LogP contribution >= 0.6 is 0 Å². The van der Waals surface area contributed by atoms with Crippen molar-refractivity contribution in [2.24, 2.45) is 0 Å². The maximum atomic E-state index is 11.9. The molecule has 0 radical (unpaired) electrons. The van der Waals surface area contributed by atoms with E-state index in [1.165, 1.54) is 4.68 Å². The highest BCUT2D eigenvalue weighted by atomic mass is 19.4. The number of carbonyl (C=O) groups excluding carboxylic acids is 1. The van der Waals surface area contributed by atoms with Gasteiger partial charge in [0.1, 0.15) is 0 Å². The summed E-state index contributed by atoms with van der Waals surface area (Å²) in [6.45, 7) is 3.53. The van der Waals surface area contributed by atoms with Crippen molar-refractivity contribution in [3.05, 3.63) is 11.4 Å². The fourth-order valence-electron chi connectivity index (χ4n) is 1.55. The van der Waals surface area contributed by atoms with Gasteiger partial charge in [-0.3, -0.25) is 4.68 Å². The van der Waals surface area contributed by atoms with Crippen molar-refractivity contribution in [3.63, 3.8) is 0 Å². The van der Waals surface area contributed by atoms with Crippen LogP contribution in [0.5, 0.6) is 0 Å². The summed E-state index contributed by atoms with van der Waals surface area (Å²) < 4.78 is 41.9. The van der Waals surface area contributed by atoms with E-state index in [-0.39, 0.29) is 24.4 Å². The summed E-state index contributed by atoms with van der Waals surface area (Å²) in [6, 6.07) is 0. The summed E-state index contributed by atoms with van der Waals surface area (Å²) in [4.78, 5) is 11.7. The smallest absolute Gasteiger partial charge is 0.389 e. The highest BCUT2D eigenvalue weighted by molar-refractivity contribution is 5.93. The van der Waals surface area contributed by atoms with E-state index >= 15 is 0 Å². The molecular weight excluding hydrogens is 263 g/mol. The van der Waals surface area contributed by atoms with Crippen LogP contribution in [0.1, 0.15) is 35.9 Å². The third-order valence-corrected chi connectivity index (χ3v) is 2.50. The predicted molar refractivity (Wildman–Crippen MR) is 62.6 cm³/mol. The summed E-state index contributed by atoms with van der Waals surface area (Å²) in [5.41, 5.74) is 6.47. The zero-order chi connectivity index (χ0) is 14.6. The summed E-state index contributed by atoms with van der Waals surface area (Å²) >= 11 is 0. The van der Waals surface area contributed by atoms with E-state index in [1.807, 2.05) is 0 Å². The quantitative estimate of drug-likeness (QED) is 0.663. The number of anilines is 1. The molecule has 8 heteroatoms. The maximum Gasteiger partial charge on any atom is 0.389 e. The molecule has 1 aromatic heterocycles. The van der Waals surface area contributed by atoms with E-state index in [9.17, 15) is 18.0 Å². The first-order chi connectivity index (χ1) is 8.76. The van der Waals surface area contributed by atoms with Gasteiger partial charge in [-0.05, 0) is 20.3 Å². The molecule has 108 valence electrons. The molecule has 0 amide bonds. The van der Waals surface area contributed by atoms with Crippen molar-refractivity contribution >= 4 is 11.7 Å². The number of rotatable bonds is 5. The average Bonchev–Trinajstić information content (AvgIpc) is 2.59. The summed E-state index contributed by atoms with van der Waals surface area (Å²) in [5.74, 6) is -0.748. The standard InChI is InChI=1S/C11H16F3N3O2/c1-3-17-9(8(15)7(2)16-17)10(18)19-6-4-5-11(12,13)14/h3-6,15H2,1-2H3. The highest BCUT2D eigenvalue weighted by Crippen LogP contribution is 2.22. The van der Waals surface area contributed by atoms with Crippen LogP contribution in [-0.2, 0) is 11.3 Å². The summed E-state index contributed by atoms with van der Waals surface area (Å²) in [5, 5.41) is 4.03. The van der Waals surface area contributed by atoms with Gasteiger partial charge >= 0.3 is 12.1 Å². The van der Waals surface area contributed by atoms with Gasteiger partial charge in [-0.25, -0.2) is 4.79 Å². The molecule has 1 heterocycles. The van der Waals surface area contributed by atoms with E-state index in [2.05, 4.69) is 5.10 Å². The number of alkyl halides is 3. The molecule has 19 heavy (non-hydrogen) atoms. The Morgan fingerprint density at radius 3 is 2.63 bits per heavy atom. The molecule has 1 rings (SSSR count). The van der Waals surface area contributed by atoms with Gasteiger partial charge in [0.2, 0.25) is 0 Å². The van der Waals surface area contributed by atoms with Crippen molar-refractivity contribution in [2.75, 3.05) is 12.3 Å². The van der Waals surface area contributed by atoms with Gasteiger partial charge in [-0.2, -0.15) is 18.3 Å². The van der Waals surface area contributed by atoms with Crippen LogP contribution in [0.4, 0.5) is 18.9 Å². The van der Waals surface area contributed by atoms with Gasteiger partial charge in [0, 0.05) is 13.0 Å². The van der Waals surface area contributed by atoms with Crippen LogP contribution in [-0.4, -0.2) is 28.5 Å². The lowest BCUT2D eigenvalue weighted by molar-refractivity contribution is -0.137. The lowest BCUT2D eigenvalue weighted by atomic mass is 10.3. The van der Waals surface area contributed by atoms with Gasteiger partial charge < -0.3 is 10.5 Å². The first-order valence-electron chi connectivity index (χ1n) is 5.83. The second-order valence-corrected chi connectivity index (χ2v) is 4.02. The van der Waals surface area contributed by atoms with Crippen LogP contribution in [0.15, 0.2) is 0 Å². The molecule has 0 saturated carbocycles. The zero-order valence-corrected chi connectivity index (χ0v) is 10.8. The molecule has 0 bridgehead atoms. The molecule has 1 aromatic rings. The molecule has 0 saturated heterocycles. The maximum absolute atomic E-state index is 11.9. The van der Waals surface area contributed by atoms with Crippen molar-refractivity contribution < 1.29 is 22.7 Å². The SMILES string of the molecule is CCn1nc(C)c(N)c1C(=O)OCCCC(F)(F)F. The Morgan fingerprint density at radius 1 is 1.47 bits per heavy atom. The van der Waals surface area contributed by atoms with E-state index in [0.29, 0.717) is 12.2 Å². The van der Waals surface area contributed by atoms with Crippen LogP contribution < -0.4 is 5.73 Å². The summed E-state index contributed by atoms with van der Waals surface area (Å²) in [6.07, 6.45) is -5.50. The fourth-order valence-corrected chi connectivity index (χ4v) is 1.55. The Hall–Kier alpha value is -1.73. The summed E-state index contributed by atoms with van der Waals surface area (Å²) in [7, 11) is 0. The number of carbonyl (C=O) groups is 1. The van der Waals surface area contributed by atoms with Gasteiger partial charge in [-0.15, -0.1) is 0 Å². The van der Waals surface area contributed by atoms with E-state index < -0.39 is 18.6 Å². The molecule has 0 unspecified atom stereocenters. The molecule has 0 aliphatic carbocycles. The van der Waals surface area contributed by atoms with Gasteiger partial charge in [-0.1, -0.05) is 0 Å². The predicted octanol–water partition coefficient (Wildman–Crippen LogP) is 2.29. The molecule has 0 aromatic carbocycles. The number of nitrogen functional groups attached to an aromatic ring is 1. The normalized spacial score (nSPS) is 11.6. The minimum absolute atomic E-state index is 0.0898. The van der Waals surface area contributed by atoms with Crippen molar-refractivity contribution in [1.29, 1.82) is 0 Å². The van der Waals surface area contributed by atoms with Crippen LogP contribution in [0.3, 0.4) is 0 Å². The van der Waals surface area contributed by atoms with Gasteiger partial charge in [0.15, 0.2) is 5.69 Å². The molecule has 0 spiro atoms. The van der Waals surface area contributed by atoms with Gasteiger partial charge in [0.05, 0.1) is 18.0 Å². The molecule has 0 fully saturated rings. The lowest BCUT2D eigenvalue weighted by Crippen LogP contribution is -2.16. The number of ether oxygens (including phenoxy) is 1. The van der Waals surface area contributed by atoms with E-state index in [0.717, 1.165) is 0 Å². The number of aryl methyl sites for hydroxylation is 2. The average molecular weight is 279 g/mol. The molecule has 5 nitrogen and oxygen atoms in total. The number of nitrogens with zero attached hydrogens (tertiary/aromatic N) is 2. The third-order valence-electron chi connectivity index (χ3n) is 2.50. The Balaban J connectivity index is 2.59. The van der Waals surface area contributed by atoms with Gasteiger partial charge in [0.25, 0.3) is 0 Å². The minimum atomic E-state index is -4.24. The fraction of sp³-hybridized carbons (Fsp3) is 0.636. The molecule has 0 aliphatic rings. The Morgan fingerprint density at radius 2 is 2.11 bits per heavy atom. The molecule has 0 atom stereocenters. The molecule has 2 N–H and O–H groups in total. The number of nitrogens with two attached hydrogens (primary N) is 1. The number of aromatic nitrogens is 2. The number of halogens is 3. The second kappa shape index (κ2) is 5.94. The monoisotopic (exact) mass is 279 g/mol. The van der Waals surface area contributed by atoms with Crippen LogP contribution in [0, 0.1) is 6.92 Å². The Bertz CT molecular complexity index is 455. The van der Waals surface area contributed by atoms with E-state index in [4.69, 9.17) is 10.5 Å². The third kappa shape index (κ3) is 4.15. The number of hydrogen-bond donors (Lipinski definition) is 1. The number of esters is 1. The topological polar surface area (TPSA) is 70.1 Å². The van der Waals surface area contributed by atoms with E-state index in [1.54, 1.807) is 13.8 Å². The number of hydrogen-bond acceptors (Lipinski definition) is 4. The van der Waals surface area contributed by atoms with Crippen molar-refractivity contribution in [3.8, 4) is 0 Å².